The maximum Gasteiger partial charge on any atom is 0.308 e. The minimum Gasteiger partial charge on any atom is -0.469 e. The summed E-state index contributed by atoms with van der Waals surface area (Å²) in [5.41, 5.74) is 6.66. The molecule has 2 amide bonds. The number of benzene rings is 2. The molecule has 254 valence electrons. The van der Waals surface area contributed by atoms with Gasteiger partial charge in [0.1, 0.15) is 5.56 Å². The van der Waals surface area contributed by atoms with E-state index in [2.05, 4.69) is 10.6 Å². The van der Waals surface area contributed by atoms with Gasteiger partial charge in [-0.15, -0.1) is 0 Å². The van der Waals surface area contributed by atoms with Crippen molar-refractivity contribution in [2.24, 2.45) is 23.7 Å². The average molecular weight is 645 g/mol. The Hall–Kier alpha value is -4.52. The van der Waals surface area contributed by atoms with Gasteiger partial charge in [0.05, 0.1) is 36.5 Å². The van der Waals surface area contributed by atoms with E-state index in [1.54, 1.807) is 30.3 Å². The van der Waals surface area contributed by atoms with Gasteiger partial charge in [0.2, 0.25) is 0 Å². The van der Waals surface area contributed by atoms with Crippen LogP contribution in [-0.2, 0) is 19.1 Å². The van der Waals surface area contributed by atoms with Gasteiger partial charge < -0.3 is 30.9 Å². The van der Waals surface area contributed by atoms with Crippen LogP contribution in [0.1, 0.15) is 73.5 Å². The second-order valence-electron chi connectivity index (χ2n) is 11.3. The number of nitro groups is 1. The van der Waals surface area contributed by atoms with Crippen LogP contribution in [0.3, 0.4) is 0 Å². The van der Waals surface area contributed by atoms with Crippen LogP contribution in [0.15, 0.2) is 48.5 Å². The molecule has 2 aromatic carbocycles. The molecule has 0 radical (unpaired) electrons. The SMILES string of the molecule is CO.COC(=O)C1CCC(CNC(=O)c2ccccc2N)CC1.COC(=O)C1CCC(CNC(=O)c2ccccc2[N+](=O)[O-])CC1.[HH]. The zero-order valence-electron chi connectivity index (χ0n) is 26.7. The van der Waals surface area contributed by atoms with Gasteiger partial charge in [0.15, 0.2) is 0 Å². The molecule has 0 bridgehead atoms. The lowest BCUT2D eigenvalue weighted by Crippen LogP contribution is -2.33. The van der Waals surface area contributed by atoms with Crippen molar-refractivity contribution in [3.05, 3.63) is 69.8 Å². The number of aliphatic hydroxyl groups excluding tert-OH is 1. The Morgan fingerprint density at radius 3 is 1.57 bits per heavy atom. The van der Waals surface area contributed by atoms with E-state index in [1.165, 1.54) is 32.4 Å². The Morgan fingerprint density at radius 1 is 0.761 bits per heavy atom. The first kappa shape index (κ1) is 37.7. The minimum atomic E-state index is -0.559. The molecule has 2 aliphatic carbocycles. The molecule has 2 fully saturated rings. The summed E-state index contributed by atoms with van der Waals surface area (Å²) in [5.74, 6) is -0.200. The molecular weight excluding hydrogens is 596 g/mol. The van der Waals surface area contributed by atoms with Crippen molar-refractivity contribution in [2.75, 3.05) is 40.2 Å². The van der Waals surface area contributed by atoms with E-state index < -0.39 is 10.8 Å². The zero-order valence-corrected chi connectivity index (χ0v) is 26.7. The summed E-state index contributed by atoms with van der Waals surface area (Å²) in [6, 6.07) is 12.9. The highest BCUT2D eigenvalue weighted by Crippen LogP contribution is 2.30. The minimum absolute atomic E-state index is 0. The second-order valence-corrected chi connectivity index (χ2v) is 11.3. The van der Waals surface area contributed by atoms with Crippen molar-refractivity contribution >= 4 is 35.1 Å². The largest absolute Gasteiger partial charge is 0.469 e. The molecule has 13 nitrogen and oxygen atoms in total. The van der Waals surface area contributed by atoms with E-state index in [-0.39, 0.29) is 48.3 Å². The standard InChI is InChI=1S/C16H20N2O5.C16H22N2O3.CH4O.H2/c1-23-16(20)12-8-6-11(7-9-12)10-17-15(19)13-4-2-3-5-14(13)18(21)22;1-21-16(20)12-8-6-11(7-9-12)10-18-15(19)13-4-2-3-5-14(13)17;1-2;/h2-5,11-12H,6-10H2,1H3,(H,17,19);2-5,11-12H,6-10,17H2,1H3,(H,18,19);2H,1H3;1H. The molecule has 2 aliphatic rings. The summed E-state index contributed by atoms with van der Waals surface area (Å²) in [4.78, 5) is 57.5. The van der Waals surface area contributed by atoms with E-state index in [0.29, 0.717) is 30.3 Å². The fourth-order valence-corrected chi connectivity index (χ4v) is 5.73. The quantitative estimate of drug-likeness (QED) is 0.133. The highest BCUT2D eigenvalue weighted by atomic mass is 16.6. The summed E-state index contributed by atoms with van der Waals surface area (Å²) in [6.45, 7) is 1.08. The molecule has 0 aliphatic heterocycles. The third kappa shape index (κ3) is 11.4. The van der Waals surface area contributed by atoms with Gasteiger partial charge in [-0.1, -0.05) is 24.3 Å². The molecule has 0 aromatic heterocycles. The first-order valence-corrected chi connectivity index (χ1v) is 15.4. The number of nitrogens with two attached hydrogens (primary N) is 1. The molecule has 5 N–H and O–H groups in total. The number of esters is 2. The van der Waals surface area contributed by atoms with Crippen molar-refractivity contribution < 1.29 is 40.1 Å². The Balaban J connectivity index is 0.000000439. The number of methoxy groups -OCH3 is 2. The smallest absolute Gasteiger partial charge is 0.308 e. The highest BCUT2D eigenvalue weighted by Gasteiger charge is 2.28. The summed E-state index contributed by atoms with van der Waals surface area (Å²) in [5, 5.41) is 23.6. The Kier molecular flexibility index (Phi) is 16.2. The van der Waals surface area contributed by atoms with Crippen LogP contribution in [0.25, 0.3) is 0 Å². The molecule has 2 saturated carbocycles. The van der Waals surface area contributed by atoms with Crippen molar-refractivity contribution in [3.8, 4) is 0 Å². The van der Waals surface area contributed by atoms with Gasteiger partial charge in [0.25, 0.3) is 17.5 Å². The fraction of sp³-hybridized carbons (Fsp3) is 0.515. The maximum atomic E-state index is 12.1. The zero-order chi connectivity index (χ0) is 34.1. The Morgan fingerprint density at radius 2 is 1.15 bits per heavy atom. The van der Waals surface area contributed by atoms with Gasteiger partial charge in [-0.25, -0.2) is 0 Å². The highest BCUT2D eigenvalue weighted by molar-refractivity contribution is 5.99. The molecular formula is C33H48N4O9. The van der Waals surface area contributed by atoms with Crippen molar-refractivity contribution in [1.82, 2.24) is 10.6 Å². The lowest BCUT2D eigenvalue weighted by molar-refractivity contribution is -0.385. The molecule has 0 saturated heterocycles. The van der Waals surface area contributed by atoms with Crippen LogP contribution in [0, 0.1) is 33.8 Å². The number of carbonyl (C=O) groups excluding carboxylic acids is 4. The lowest BCUT2D eigenvalue weighted by Gasteiger charge is -2.27. The molecule has 4 rings (SSSR count). The molecule has 13 heteroatoms. The fourth-order valence-electron chi connectivity index (χ4n) is 5.73. The third-order valence-corrected chi connectivity index (χ3v) is 8.42. The number of nitrogens with one attached hydrogen (secondary N) is 2. The molecule has 0 heterocycles. The number of nitro benzene ring substituents is 1. The number of amides is 2. The summed E-state index contributed by atoms with van der Waals surface area (Å²) in [6.07, 6.45) is 6.70. The monoisotopic (exact) mass is 644 g/mol. The number of para-hydroxylation sites is 2. The Labute approximate surface area is 270 Å². The van der Waals surface area contributed by atoms with Crippen molar-refractivity contribution in [1.29, 1.82) is 0 Å². The number of carbonyl (C=O) groups is 4. The van der Waals surface area contributed by atoms with Crippen LogP contribution in [0.2, 0.25) is 0 Å². The average Bonchev–Trinajstić information content (AvgIpc) is 3.10. The molecule has 2 aromatic rings. The molecule has 0 unspecified atom stereocenters. The van der Waals surface area contributed by atoms with E-state index >= 15 is 0 Å². The topological polar surface area (TPSA) is 200 Å². The predicted molar refractivity (Wildman–Crippen MR) is 174 cm³/mol. The molecule has 0 atom stereocenters. The van der Waals surface area contributed by atoms with Crippen LogP contribution in [0.4, 0.5) is 11.4 Å². The third-order valence-electron chi connectivity index (χ3n) is 8.42. The van der Waals surface area contributed by atoms with Gasteiger partial charge in [-0.05, 0) is 81.4 Å². The lowest BCUT2D eigenvalue weighted by atomic mass is 9.82. The van der Waals surface area contributed by atoms with Crippen LogP contribution in [-0.4, -0.2) is 68.2 Å². The van der Waals surface area contributed by atoms with Gasteiger partial charge in [0, 0.05) is 33.4 Å². The number of anilines is 1. The summed E-state index contributed by atoms with van der Waals surface area (Å²) < 4.78 is 9.52. The van der Waals surface area contributed by atoms with E-state index in [1.807, 2.05) is 0 Å². The van der Waals surface area contributed by atoms with Crippen LogP contribution in [0.5, 0.6) is 0 Å². The first-order valence-electron chi connectivity index (χ1n) is 15.4. The predicted octanol–water partition coefficient (Wildman–Crippen LogP) is 4.14. The molecule has 0 spiro atoms. The molecule has 46 heavy (non-hydrogen) atoms. The first-order chi connectivity index (χ1) is 22.1. The van der Waals surface area contributed by atoms with E-state index in [9.17, 15) is 29.3 Å². The summed E-state index contributed by atoms with van der Waals surface area (Å²) in [7, 11) is 3.82. The summed E-state index contributed by atoms with van der Waals surface area (Å²) >= 11 is 0. The number of rotatable bonds is 9. The number of nitrogens with zero attached hydrogens (tertiary/aromatic N) is 1. The number of nitrogen functional groups attached to an aromatic ring is 1. The maximum absolute atomic E-state index is 12.1. The van der Waals surface area contributed by atoms with E-state index in [4.69, 9.17) is 20.3 Å². The van der Waals surface area contributed by atoms with Crippen molar-refractivity contribution in [2.45, 2.75) is 51.4 Å². The van der Waals surface area contributed by atoms with E-state index in [0.717, 1.165) is 58.5 Å². The number of hydrogen-bond donors (Lipinski definition) is 4. The van der Waals surface area contributed by atoms with Gasteiger partial charge >= 0.3 is 11.9 Å². The van der Waals surface area contributed by atoms with Gasteiger partial charge in [-0.2, -0.15) is 0 Å². The number of aliphatic hydroxyl groups is 1. The second kappa shape index (κ2) is 19.8. The van der Waals surface area contributed by atoms with Crippen LogP contribution < -0.4 is 16.4 Å². The number of hydrogen-bond acceptors (Lipinski definition) is 10. The Bertz CT molecular complexity index is 1310. The normalized spacial score (nSPS) is 20.3. The van der Waals surface area contributed by atoms with Crippen molar-refractivity contribution in [3.63, 3.8) is 0 Å². The van der Waals surface area contributed by atoms with Crippen LogP contribution >= 0.6 is 0 Å². The van der Waals surface area contributed by atoms with Gasteiger partial charge in [-0.3, -0.25) is 29.3 Å². The number of ether oxygens (including phenoxy) is 2.